The van der Waals surface area contributed by atoms with E-state index in [2.05, 4.69) is 0 Å². The number of ether oxygens (including phenoxy) is 2. The number of amides is 1. The molecule has 1 heterocycles. The van der Waals surface area contributed by atoms with E-state index in [0.717, 1.165) is 6.08 Å². The van der Waals surface area contributed by atoms with Gasteiger partial charge in [0.15, 0.2) is 11.9 Å². The summed E-state index contributed by atoms with van der Waals surface area (Å²) in [6.45, 7) is 5.65. The van der Waals surface area contributed by atoms with Crippen LogP contribution in [-0.2, 0) is 19.1 Å². The number of fused-ring (bicyclic) bond motifs is 1. The normalized spacial score (nSPS) is 17.7. The summed E-state index contributed by atoms with van der Waals surface area (Å²) in [6.07, 6.45) is 0.351. The summed E-state index contributed by atoms with van der Waals surface area (Å²) in [7, 11) is 0. The van der Waals surface area contributed by atoms with Crippen molar-refractivity contribution in [3.63, 3.8) is 0 Å². The van der Waals surface area contributed by atoms with Gasteiger partial charge in [0.2, 0.25) is 0 Å². The lowest BCUT2D eigenvalue weighted by Crippen LogP contribution is -2.38. The molecule has 29 heavy (non-hydrogen) atoms. The van der Waals surface area contributed by atoms with Crippen molar-refractivity contribution in [1.29, 1.82) is 0 Å². The first-order valence-corrected chi connectivity index (χ1v) is 10.0. The molecule has 3 rings (SSSR count). The van der Waals surface area contributed by atoms with Gasteiger partial charge in [-0.2, -0.15) is 0 Å². The number of anilines is 1. The third kappa shape index (κ3) is 4.41. The third-order valence-corrected chi connectivity index (χ3v) is 5.02. The van der Waals surface area contributed by atoms with Crippen molar-refractivity contribution in [3.05, 3.63) is 75.5 Å². The summed E-state index contributed by atoms with van der Waals surface area (Å²) < 4.78 is 11.1. The first-order chi connectivity index (χ1) is 13.8. The summed E-state index contributed by atoms with van der Waals surface area (Å²) >= 11 is 12.7. The Bertz CT molecular complexity index is 971. The molecule has 1 aliphatic heterocycles. The monoisotopic (exact) mass is 433 g/mol. The number of hydrogen-bond acceptors (Lipinski definition) is 4. The number of benzene rings is 2. The Balaban J connectivity index is 2.25. The maximum absolute atomic E-state index is 13.3. The largest absolute Gasteiger partial charge is 0.475 e. The fraction of sp³-hybridized carbons (Fsp3) is 0.273. The quantitative estimate of drug-likeness (QED) is 0.484. The van der Waals surface area contributed by atoms with Gasteiger partial charge in [-0.3, -0.25) is 4.79 Å². The molecule has 0 radical (unpaired) electrons. The maximum atomic E-state index is 13.3. The summed E-state index contributed by atoms with van der Waals surface area (Å²) in [6, 6.07) is 12.2. The highest BCUT2D eigenvalue weighted by atomic mass is 35.5. The van der Waals surface area contributed by atoms with E-state index in [1.54, 1.807) is 36.1 Å². The zero-order valence-corrected chi connectivity index (χ0v) is 17.8. The molecular formula is C22H21Cl2NO4. The molecule has 0 bridgehead atoms. The molecule has 1 atom stereocenters. The topological polar surface area (TPSA) is 55.8 Å². The zero-order chi connectivity index (χ0) is 21.1. The van der Waals surface area contributed by atoms with Gasteiger partial charge in [-0.25, -0.2) is 4.79 Å². The molecule has 0 aliphatic carbocycles. The van der Waals surface area contributed by atoms with Crippen molar-refractivity contribution in [2.24, 2.45) is 0 Å². The molecule has 0 N–H and O–H groups in total. The second-order valence-electron chi connectivity index (χ2n) is 6.75. The molecule has 1 aliphatic rings. The minimum atomic E-state index is -0.731. The van der Waals surface area contributed by atoms with E-state index < -0.39 is 18.0 Å². The second-order valence-corrected chi connectivity index (χ2v) is 7.60. The van der Waals surface area contributed by atoms with Crippen LogP contribution >= 0.6 is 23.2 Å². The van der Waals surface area contributed by atoms with Crippen LogP contribution in [0.2, 0.25) is 10.0 Å². The Morgan fingerprint density at radius 3 is 2.59 bits per heavy atom. The zero-order valence-electron chi connectivity index (χ0n) is 16.3. The molecular weight excluding hydrogens is 413 g/mol. The van der Waals surface area contributed by atoms with Crippen LogP contribution in [0, 0.1) is 0 Å². The number of rotatable bonds is 4. The van der Waals surface area contributed by atoms with Crippen molar-refractivity contribution in [2.45, 2.75) is 32.9 Å². The second kappa shape index (κ2) is 8.89. The van der Waals surface area contributed by atoms with Crippen LogP contribution in [-0.4, -0.2) is 24.5 Å². The summed E-state index contributed by atoms with van der Waals surface area (Å²) in [5.41, 5.74) is 1.98. The van der Waals surface area contributed by atoms with Crippen LogP contribution in [0.1, 0.15) is 38.0 Å². The highest BCUT2D eigenvalue weighted by Gasteiger charge is 2.36. The smallest absolute Gasteiger partial charge is 0.334 e. The molecule has 0 aromatic heterocycles. The van der Waals surface area contributed by atoms with Crippen LogP contribution < -0.4 is 4.90 Å². The summed E-state index contributed by atoms with van der Waals surface area (Å²) in [5, 5.41) is 0.975. The Hall–Kier alpha value is -2.50. The van der Waals surface area contributed by atoms with Gasteiger partial charge in [0, 0.05) is 27.2 Å². The molecule has 5 nitrogen and oxygen atoms in total. The predicted octanol–water partition coefficient (Wildman–Crippen LogP) is 5.30. The summed E-state index contributed by atoms with van der Waals surface area (Å²) in [5.74, 6) is -1.21. The van der Waals surface area contributed by atoms with Gasteiger partial charge in [-0.1, -0.05) is 41.4 Å². The molecule has 0 saturated carbocycles. The van der Waals surface area contributed by atoms with Gasteiger partial charge in [-0.15, -0.1) is 0 Å². The number of esters is 1. The van der Waals surface area contributed by atoms with E-state index in [-0.39, 0.29) is 18.4 Å². The lowest BCUT2D eigenvalue weighted by molar-refractivity contribution is -0.138. The molecule has 0 saturated heterocycles. The predicted molar refractivity (Wildman–Crippen MR) is 113 cm³/mol. The molecule has 0 spiro atoms. The van der Waals surface area contributed by atoms with Crippen molar-refractivity contribution >= 4 is 40.8 Å². The van der Waals surface area contributed by atoms with Gasteiger partial charge < -0.3 is 14.4 Å². The fourth-order valence-corrected chi connectivity index (χ4v) is 3.66. The average molecular weight is 434 g/mol. The Morgan fingerprint density at radius 2 is 1.93 bits per heavy atom. The van der Waals surface area contributed by atoms with Crippen molar-refractivity contribution in [1.82, 2.24) is 0 Å². The summed E-state index contributed by atoms with van der Waals surface area (Å²) in [4.78, 5) is 27.0. The lowest BCUT2D eigenvalue weighted by Gasteiger charge is -2.26. The van der Waals surface area contributed by atoms with Gasteiger partial charge in [0.05, 0.1) is 18.4 Å². The van der Waals surface area contributed by atoms with Gasteiger partial charge in [-0.05, 0) is 45.0 Å². The van der Waals surface area contributed by atoms with Gasteiger partial charge in [0.1, 0.15) is 0 Å². The SMILES string of the molecule is CCOC(=O)/C=C1/O[C@H](c2ccccc2Cl)c2cc(Cl)ccc2N(C(C)C)C1=O. The van der Waals surface area contributed by atoms with Crippen molar-refractivity contribution in [3.8, 4) is 0 Å². The molecule has 2 aromatic carbocycles. The number of carbonyl (C=O) groups excluding carboxylic acids is 2. The van der Waals surface area contributed by atoms with E-state index >= 15 is 0 Å². The van der Waals surface area contributed by atoms with Gasteiger partial charge in [0.25, 0.3) is 5.91 Å². The van der Waals surface area contributed by atoms with E-state index in [0.29, 0.717) is 26.9 Å². The third-order valence-electron chi connectivity index (χ3n) is 4.45. The molecule has 7 heteroatoms. The number of halogens is 2. The number of carbonyl (C=O) groups is 2. The van der Waals surface area contributed by atoms with Gasteiger partial charge >= 0.3 is 5.97 Å². The highest BCUT2D eigenvalue weighted by Crippen LogP contribution is 2.42. The average Bonchev–Trinajstić information content (AvgIpc) is 2.77. The van der Waals surface area contributed by atoms with E-state index in [1.165, 1.54) is 0 Å². The van der Waals surface area contributed by atoms with E-state index in [4.69, 9.17) is 32.7 Å². The van der Waals surface area contributed by atoms with E-state index in [9.17, 15) is 9.59 Å². The van der Waals surface area contributed by atoms with E-state index in [1.807, 2.05) is 32.0 Å². The maximum Gasteiger partial charge on any atom is 0.334 e. The minimum Gasteiger partial charge on any atom is -0.475 e. The number of nitrogens with zero attached hydrogens (tertiary/aromatic N) is 1. The fourth-order valence-electron chi connectivity index (χ4n) is 3.24. The Morgan fingerprint density at radius 1 is 1.21 bits per heavy atom. The van der Waals surface area contributed by atoms with Crippen LogP contribution in [0.3, 0.4) is 0 Å². The first kappa shape index (κ1) is 21.2. The van der Waals surface area contributed by atoms with Crippen LogP contribution in [0.5, 0.6) is 0 Å². The molecule has 0 fully saturated rings. The van der Waals surface area contributed by atoms with Crippen molar-refractivity contribution < 1.29 is 19.1 Å². The Labute approximate surface area is 179 Å². The molecule has 1 amide bonds. The molecule has 0 unspecified atom stereocenters. The standard InChI is InChI=1S/C22H21Cl2NO4/c1-4-28-20(26)12-19-22(27)25(13(2)3)18-10-9-14(23)11-16(18)21(29-19)15-7-5-6-8-17(15)24/h5-13,21H,4H2,1-3H3/b19-12+/t21-/m1/s1. The molecule has 152 valence electrons. The minimum absolute atomic E-state index is 0.116. The van der Waals surface area contributed by atoms with Crippen LogP contribution in [0.15, 0.2) is 54.3 Å². The molecule has 2 aromatic rings. The highest BCUT2D eigenvalue weighted by molar-refractivity contribution is 6.31. The Kier molecular flexibility index (Phi) is 6.50. The lowest BCUT2D eigenvalue weighted by atomic mass is 9.99. The van der Waals surface area contributed by atoms with Crippen molar-refractivity contribution in [2.75, 3.05) is 11.5 Å². The first-order valence-electron chi connectivity index (χ1n) is 9.26. The van der Waals surface area contributed by atoms with Crippen LogP contribution in [0.25, 0.3) is 0 Å². The number of hydrogen-bond donors (Lipinski definition) is 0. The van der Waals surface area contributed by atoms with Crippen LogP contribution in [0.4, 0.5) is 5.69 Å².